The van der Waals surface area contributed by atoms with E-state index in [-0.39, 0.29) is 6.04 Å². The minimum Gasteiger partial charge on any atom is -0.377 e. The lowest BCUT2D eigenvalue weighted by atomic mass is 9.99. The molecule has 1 rings (SSSR count). The topological polar surface area (TPSA) is 53.1 Å². The lowest BCUT2D eigenvalue weighted by Crippen LogP contribution is -2.38. The van der Waals surface area contributed by atoms with Gasteiger partial charge in [-0.3, -0.25) is 0 Å². The van der Waals surface area contributed by atoms with Gasteiger partial charge in [0.25, 0.3) is 0 Å². The Labute approximate surface area is 85.1 Å². The summed E-state index contributed by atoms with van der Waals surface area (Å²) in [6.45, 7) is 6.87. The molecule has 0 saturated heterocycles. The van der Waals surface area contributed by atoms with Crippen LogP contribution in [0.5, 0.6) is 0 Å². The smallest absolute Gasteiger partial charge is 0.128 e. The zero-order valence-corrected chi connectivity index (χ0v) is 9.32. The first-order valence-corrected chi connectivity index (χ1v) is 4.84. The van der Waals surface area contributed by atoms with E-state index in [0.717, 1.165) is 12.4 Å². The van der Waals surface area contributed by atoms with Crippen LogP contribution in [0.15, 0.2) is 12.4 Å². The van der Waals surface area contributed by atoms with Gasteiger partial charge < -0.3 is 15.0 Å². The zero-order valence-electron chi connectivity index (χ0n) is 9.32. The van der Waals surface area contributed by atoms with Gasteiger partial charge in [-0.05, 0) is 20.8 Å². The number of methoxy groups -OCH3 is 1. The number of rotatable bonds is 4. The molecule has 0 saturated carbocycles. The number of hydrogen-bond acceptors (Lipinski definition) is 3. The Morgan fingerprint density at radius 1 is 1.64 bits per heavy atom. The van der Waals surface area contributed by atoms with Crippen molar-refractivity contribution in [3.8, 4) is 0 Å². The Hall–Kier alpha value is -0.870. The second-order valence-electron chi connectivity index (χ2n) is 3.86. The number of aromatic nitrogens is 2. The van der Waals surface area contributed by atoms with E-state index in [9.17, 15) is 0 Å². The second kappa shape index (κ2) is 4.11. The molecular weight excluding hydrogens is 178 g/mol. The molecule has 4 heteroatoms. The van der Waals surface area contributed by atoms with Gasteiger partial charge in [0.2, 0.25) is 0 Å². The Morgan fingerprint density at radius 3 is 2.79 bits per heavy atom. The summed E-state index contributed by atoms with van der Waals surface area (Å²) in [6.07, 6.45) is 3.70. The van der Waals surface area contributed by atoms with Crippen molar-refractivity contribution in [3.63, 3.8) is 0 Å². The van der Waals surface area contributed by atoms with E-state index in [0.29, 0.717) is 0 Å². The van der Waals surface area contributed by atoms with Crippen LogP contribution >= 0.6 is 0 Å². The van der Waals surface area contributed by atoms with Crippen LogP contribution in [0.25, 0.3) is 0 Å². The van der Waals surface area contributed by atoms with Crippen LogP contribution in [-0.2, 0) is 11.3 Å². The van der Waals surface area contributed by atoms with Crippen LogP contribution in [0.2, 0.25) is 0 Å². The number of aryl methyl sites for hydroxylation is 1. The fourth-order valence-electron chi connectivity index (χ4n) is 1.30. The molecule has 0 aliphatic carbocycles. The third-order valence-corrected chi connectivity index (χ3v) is 2.64. The standard InChI is InChI=1S/C10H19N3O/c1-5-13-7-6-12-9(13)8(11)10(2,3)14-4/h6-8H,5,11H2,1-4H3. The molecule has 4 nitrogen and oxygen atoms in total. The zero-order chi connectivity index (χ0) is 10.8. The van der Waals surface area contributed by atoms with E-state index in [4.69, 9.17) is 10.5 Å². The van der Waals surface area contributed by atoms with E-state index >= 15 is 0 Å². The maximum absolute atomic E-state index is 6.10. The van der Waals surface area contributed by atoms with Crippen molar-refractivity contribution in [3.05, 3.63) is 18.2 Å². The summed E-state index contributed by atoms with van der Waals surface area (Å²) in [5, 5.41) is 0. The Morgan fingerprint density at radius 2 is 2.29 bits per heavy atom. The van der Waals surface area contributed by atoms with Gasteiger partial charge in [-0.15, -0.1) is 0 Å². The maximum Gasteiger partial charge on any atom is 0.128 e. The first-order chi connectivity index (χ1) is 6.53. The minimum atomic E-state index is -0.391. The van der Waals surface area contributed by atoms with Gasteiger partial charge in [0, 0.05) is 26.0 Å². The predicted molar refractivity (Wildman–Crippen MR) is 55.9 cm³/mol. The van der Waals surface area contributed by atoms with E-state index < -0.39 is 5.60 Å². The van der Waals surface area contributed by atoms with E-state index in [2.05, 4.69) is 11.9 Å². The predicted octanol–water partition coefficient (Wildman–Crippen LogP) is 1.33. The van der Waals surface area contributed by atoms with Crippen LogP contribution in [0.4, 0.5) is 0 Å². The highest BCUT2D eigenvalue weighted by Crippen LogP contribution is 2.24. The van der Waals surface area contributed by atoms with Crippen molar-refractivity contribution in [1.29, 1.82) is 0 Å². The molecule has 0 aliphatic rings. The molecule has 80 valence electrons. The van der Waals surface area contributed by atoms with Crippen LogP contribution < -0.4 is 5.73 Å². The molecule has 0 spiro atoms. The number of imidazole rings is 1. The largest absolute Gasteiger partial charge is 0.377 e. The van der Waals surface area contributed by atoms with Crippen molar-refractivity contribution >= 4 is 0 Å². The van der Waals surface area contributed by atoms with Crippen LogP contribution in [0.3, 0.4) is 0 Å². The summed E-state index contributed by atoms with van der Waals surface area (Å²) in [5.74, 6) is 0.874. The summed E-state index contributed by atoms with van der Waals surface area (Å²) >= 11 is 0. The van der Waals surface area contributed by atoms with Crippen molar-refractivity contribution in [1.82, 2.24) is 9.55 Å². The molecule has 0 amide bonds. The monoisotopic (exact) mass is 197 g/mol. The Balaban J connectivity index is 2.94. The van der Waals surface area contributed by atoms with Crippen molar-refractivity contribution in [2.45, 2.75) is 39.0 Å². The van der Waals surface area contributed by atoms with Crippen molar-refractivity contribution in [2.24, 2.45) is 5.73 Å². The van der Waals surface area contributed by atoms with E-state index in [1.165, 1.54) is 0 Å². The molecule has 1 aromatic rings. The summed E-state index contributed by atoms with van der Waals surface area (Å²) in [7, 11) is 1.67. The van der Waals surface area contributed by atoms with E-state index in [1.807, 2.05) is 24.6 Å². The average Bonchev–Trinajstić information content (AvgIpc) is 2.64. The molecule has 0 fully saturated rings. The summed E-state index contributed by atoms with van der Waals surface area (Å²) < 4.78 is 7.38. The minimum absolute atomic E-state index is 0.206. The van der Waals surface area contributed by atoms with Gasteiger partial charge in [0.05, 0.1) is 11.6 Å². The molecule has 1 unspecified atom stereocenters. The molecule has 0 aliphatic heterocycles. The third-order valence-electron chi connectivity index (χ3n) is 2.64. The van der Waals surface area contributed by atoms with Crippen molar-refractivity contribution in [2.75, 3.05) is 7.11 Å². The molecule has 0 radical (unpaired) electrons. The first kappa shape index (κ1) is 11.2. The van der Waals surface area contributed by atoms with E-state index in [1.54, 1.807) is 13.3 Å². The highest BCUT2D eigenvalue weighted by atomic mass is 16.5. The molecular formula is C10H19N3O. The quantitative estimate of drug-likeness (QED) is 0.792. The second-order valence-corrected chi connectivity index (χ2v) is 3.86. The lowest BCUT2D eigenvalue weighted by Gasteiger charge is -2.29. The summed E-state index contributed by atoms with van der Waals surface area (Å²) in [5.41, 5.74) is 5.71. The summed E-state index contributed by atoms with van der Waals surface area (Å²) in [6, 6.07) is -0.206. The average molecular weight is 197 g/mol. The normalized spacial score (nSPS) is 14.4. The fraction of sp³-hybridized carbons (Fsp3) is 0.700. The highest BCUT2D eigenvalue weighted by molar-refractivity contribution is 5.04. The number of nitrogens with two attached hydrogens (primary N) is 1. The Kier molecular flexibility index (Phi) is 3.29. The van der Waals surface area contributed by atoms with Crippen LogP contribution in [0.1, 0.15) is 32.6 Å². The highest BCUT2D eigenvalue weighted by Gasteiger charge is 2.30. The van der Waals surface area contributed by atoms with Crippen LogP contribution in [0, 0.1) is 0 Å². The first-order valence-electron chi connectivity index (χ1n) is 4.84. The lowest BCUT2D eigenvalue weighted by molar-refractivity contribution is -0.00304. The molecule has 1 heterocycles. The van der Waals surface area contributed by atoms with Gasteiger partial charge >= 0.3 is 0 Å². The number of hydrogen-bond donors (Lipinski definition) is 1. The molecule has 2 N–H and O–H groups in total. The molecule has 1 aromatic heterocycles. The van der Waals surface area contributed by atoms with Gasteiger partial charge in [0.1, 0.15) is 5.82 Å². The molecule has 1 atom stereocenters. The molecule has 0 bridgehead atoms. The number of nitrogens with zero attached hydrogens (tertiary/aromatic N) is 2. The van der Waals surface area contributed by atoms with Gasteiger partial charge in [-0.2, -0.15) is 0 Å². The fourth-order valence-corrected chi connectivity index (χ4v) is 1.30. The van der Waals surface area contributed by atoms with Gasteiger partial charge in [-0.1, -0.05) is 0 Å². The van der Waals surface area contributed by atoms with Crippen molar-refractivity contribution < 1.29 is 4.74 Å². The SMILES string of the molecule is CCn1ccnc1C(N)C(C)(C)OC. The van der Waals surface area contributed by atoms with Gasteiger partial charge in [-0.25, -0.2) is 4.98 Å². The summed E-state index contributed by atoms with van der Waals surface area (Å²) in [4.78, 5) is 4.26. The Bertz CT molecular complexity index is 293. The van der Waals surface area contributed by atoms with Crippen LogP contribution in [-0.4, -0.2) is 22.3 Å². The maximum atomic E-state index is 6.10. The molecule has 14 heavy (non-hydrogen) atoms. The third kappa shape index (κ3) is 1.96. The van der Waals surface area contributed by atoms with Gasteiger partial charge in [0.15, 0.2) is 0 Å². The number of ether oxygens (including phenoxy) is 1. The molecule has 0 aromatic carbocycles.